The van der Waals surface area contributed by atoms with Gasteiger partial charge < -0.3 is 20.1 Å². The predicted octanol–water partition coefficient (Wildman–Crippen LogP) is 2.02. The Labute approximate surface area is 140 Å². The van der Waals surface area contributed by atoms with Crippen molar-refractivity contribution in [1.82, 2.24) is 0 Å². The van der Waals surface area contributed by atoms with Crippen molar-refractivity contribution in [3.63, 3.8) is 0 Å². The molecule has 0 aliphatic heterocycles. The highest BCUT2D eigenvalue weighted by molar-refractivity contribution is 6.16. The zero-order chi connectivity index (χ0) is 18.7. The van der Waals surface area contributed by atoms with Crippen LogP contribution in [-0.4, -0.2) is 46.1 Å². The maximum Gasteiger partial charge on any atom is 0.336 e. The summed E-state index contributed by atoms with van der Waals surface area (Å²) in [6.45, 7) is 0. The monoisotopic (exact) mass is 344 g/mol. The second-order valence-corrected chi connectivity index (χ2v) is 4.92. The summed E-state index contributed by atoms with van der Waals surface area (Å²) >= 11 is 0. The molecule has 2 aromatic rings. The van der Waals surface area contributed by atoms with Crippen molar-refractivity contribution in [3.05, 3.63) is 64.2 Å². The molecule has 2 aromatic carbocycles. The first-order valence-electron chi connectivity index (χ1n) is 6.83. The van der Waals surface area contributed by atoms with Crippen molar-refractivity contribution >= 4 is 23.7 Å². The van der Waals surface area contributed by atoms with Crippen LogP contribution in [0.3, 0.4) is 0 Å². The second-order valence-electron chi connectivity index (χ2n) is 4.92. The molecule has 128 valence electrons. The van der Waals surface area contributed by atoms with Gasteiger partial charge in [-0.15, -0.1) is 0 Å². The topological polar surface area (TPSA) is 138 Å². The van der Waals surface area contributed by atoms with Gasteiger partial charge in [0.1, 0.15) is 5.75 Å². The quantitative estimate of drug-likeness (QED) is 0.677. The Morgan fingerprint density at radius 2 is 1.12 bits per heavy atom. The summed E-state index contributed by atoms with van der Waals surface area (Å²) in [7, 11) is 1.43. The summed E-state index contributed by atoms with van der Waals surface area (Å²) in [6.07, 6.45) is 0. The highest BCUT2D eigenvalue weighted by Crippen LogP contribution is 2.22. The maximum absolute atomic E-state index is 12.6. The number of rotatable bonds is 6. The van der Waals surface area contributed by atoms with Crippen LogP contribution in [0.25, 0.3) is 0 Å². The third-order valence-electron chi connectivity index (χ3n) is 3.45. The van der Waals surface area contributed by atoms with Crippen LogP contribution in [0, 0.1) is 0 Å². The molecule has 0 fully saturated rings. The first kappa shape index (κ1) is 17.7. The molecule has 0 radical (unpaired) electrons. The minimum absolute atomic E-state index is 0.0997. The molecule has 25 heavy (non-hydrogen) atoms. The molecule has 0 aromatic heterocycles. The lowest BCUT2D eigenvalue weighted by Crippen LogP contribution is -2.16. The van der Waals surface area contributed by atoms with Gasteiger partial charge in [0.25, 0.3) is 0 Å². The second kappa shape index (κ2) is 6.83. The van der Waals surface area contributed by atoms with E-state index in [1.807, 2.05) is 0 Å². The smallest absolute Gasteiger partial charge is 0.336 e. The molecule has 0 saturated heterocycles. The number of carboxylic acids is 3. The molecule has 0 saturated carbocycles. The van der Waals surface area contributed by atoms with E-state index in [0.29, 0.717) is 11.8 Å². The number of benzene rings is 2. The first-order chi connectivity index (χ1) is 11.8. The van der Waals surface area contributed by atoms with Crippen LogP contribution in [0.2, 0.25) is 0 Å². The number of carbonyl (C=O) groups is 4. The van der Waals surface area contributed by atoms with E-state index in [4.69, 9.17) is 14.9 Å². The lowest BCUT2D eigenvalue weighted by Gasteiger charge is -2.10. The summed E-state index contributed by atoms with van der Waals surface area (Å²) in [5, 5.41) is 27.5. The minimum Gasteiger partial charge on any atom is -0.497 e. The average molecular weight is 344 g/mol. The summed E-state index contributed by atoms with van der Waals surface area (Å²) in [6, 6.07) is 7.18. The standard InChI is InChI=1S/C17H12O8/c1-25-9-4-2-8(3-5-9)14(18)10-6-12(16(21)22)13(17(23)24)7-11(10)15(19)20/h2-7H,1H3,(H,19,20)(H,21,22)(H,23,24). The zero-order valence-corrected chi connectivity index (χ0v) is 12.8. The van der Waals surface area contributed by atoms with Crippen molar-refractivity contribution in [2.75, 3.05) is 7.11 Å². The van der Waals surface area contributed by atoms with Crippen molar-refractivity contribution in [1.29, 1.82) is 0 Å². The van der Waals surface area contributed by atoms with Gasteiger partial charge >= 0.3 is 17.9 Å². The Morgan fingerprint density at radius 1 is 0.720 bits per heavy atom. The van der Waals surface area contributed by atoms with Gasteiger partial charge in [0.2, 0.25) is 0 Å². The number of hydrogen-bond acceptors (Lipinski definition) is 5. The molecule has 8 nitrogen and oxygen atoms in total. The SMILES string of the molecule is COc1ccc(C(=O)c2cc(C(=O)O)c(C(=O)O)cc2C(=O)O)cc1. The Kier molecular flexibility index (Phi) is 4.83. The number of carboxylic acid groups (broad SMARTS) is 3. The number of ether oxygens (including phenoxy) is 1. The van der Waals surface area contributed by atoms with Gasteiger partial charge in [-0.05, 0) is 36.4 Å². The fourth-order valence-electron chi connectivity index (χ4n) is 2.22. The zero-order valence-electron chi connectivity index (χ0n) is 12.8. The predicted molar refractivity (Wildman–Crippen MR) is 83.7 cm³/mol. The Morgan fingerprint density at radius 3 is 1.52 bits per heavy atom. The van der Waals surface area contributed by atoms with Gasteiger partial charge in [0.15, 0.2) is 5.78 Å². The Bertz CT molecular complexity index is 880. The molecular weight excluding hydrogens is 332 g/mol. The van der Waals surface area contributed by atoms with Gasteiger partial charge in [-0.3, -0.25) is 4.79 Å². The van der Waals surface area contributed by atoms with E-state index in [9.17, 15) is 24.3 Å². The van der Waals surface area contributed by atoms with Crippen molar-refractivity contribution in [2.45, 2.75) is 0 Å². The highest BCUT2D eigenvalue weighted by atomic mass is 16.5. The van der Waals surface area contributed by atoms with Crippen LogP contribution in [0.15, 0.2) is 36.4 Å². The number of ketones is 1. The summed E-state index contributed by atoms with van der Waals surface area (Å²) in [4.78, 5) is 46.4. The minimum atomic E-state index is -1.61. The molecule has 8 heteroatoms. The van der Waals surface area contributed by atoms with Crippen LogP contribution >= 0.6 is 0 Å². The number of methoxy groups -OCH3 is 1. The molecule has 2 rings (SSSR count). The fraction of sp³-hybridized carbons (Fsp3) is 0.0588. The van der Waals surface area contributed by atoms with E-state index in [2.05, 4.69) is 0 Å². The number of hydrogen-bond donors (Lipinski definition) is 3. The van der Waals surface area contributed by atoms with E-state index in [1.54, 1.807) is 0 Å². The average Bonchev–Trinajstić information content (AvgIpc) is 2.59. The largest absolute Gasteiger partial charge is 0.497 e. The molecule has 0 heterocycles. The van der Waals surface area contributed by atoms with Crippen LogP contribution in [0.4, 0.5) is 0 Å². The lowest BCUT2D eigenvalue weighted by atomic mass is 9.93. The molecule has 0 aliphatic rings. The third kappa shape index (κ3) is 3.47. The summed E-state index contributed by atoms with van der Waals surface area (Å²) < 4.78 is 4.96. The van der Waals surface area contributed by atoms with E-state index < -0.39 is 45.9 Å². The van der Waals surface area contributed by atoms with E-state index >= 15 is 0 Å². The fourth-order valence-corrected chi connectivity index (χ4v) is 2.22. The van der Waals surface area contributed by atoms with Gasteiger partial charge in [-0.25, -0.2) is 14.4 Å². The third-order valence-corrected chi connectivity index (χ3v) is 3.45. The Hall–Kier alpha value is -3.68. The summed E-state index contributed by atoms with van der Waals surface area (Å²) in [5.41, 5.74) is -2.29. The van der Waals surface area contributed by atoms with Gasteiger partial charge in [0, 0.05) is 11.1 Å². The van der Waals surface area contributed by atoms with E-state index in [0.717, 1.165) is 6.07 Å². The normalized spacial score (nSPS) is 10.1. The number of aromatic carboxylic acids is 3. The van der Waals surface area contributed by atoms with Crippen molar-refractivity contribution in [2.24, 2.45) is 0 Å². The van der Waals surface area contributed by atoms with E-state index in [-0.39, 0.29) is 5.56 Å². The molecule has 0 spiro atoms. The van der Waals surface area contributed by atoms with Crippen molar-refractivity contribution in [3.8, 4) is 5.75 Å². The van der Waals surface area contributed by atoms with Crippen LogP contribution in [0.1, 0.15) is 47.0 Å². The lowest BCUT2D eigenvalue weighted by molar-refractivity contribution is 0.0648. The molecule has 0 bridgehead atoms. The molecule has 0 aliphatic carbocycles. The van der Waals surface area contributed by atoms with Gasteiger partial charge in [0.05, 0.1) is 23.8 Å². The van der Waals surface area contributed by atoms with Crippen LogP contribution < -0.4 is 4.74 Å². The molecule has 0 unspecified atom stereocenters. The van der Waals surface area contributed by atoms with Gasteiger partial charge in [-0.2, -0.15) is 0 Å². The maximum atomic E-state index is 12.6. The highest BCUT2D eigenvalue weighted by Gasteiger charge is 2.25. The summed E-state index contributed by atoms with van der Waals surface area (Å²) in [5.74, 6) is -5.01. The van der Waals surface area contributed by atoms with Crippen LogP contribution in [0.5, 0.6) is 5.75 Å². The van der Waals surface area contributed by atoms with Gasteiger partial charge in [-0.1, -0.05) is 0 Å². The molecular formula is C17H12O8. The molecule has 0 amide bonds. The number of carbonyl (C=O) groups excluding carboxylic acids is 1. The van der Waals surface area contributed by atoms with E-state index in [1.165, 1.54) is 31.4 Å². The van der Waals surface area contributed by atoms with Crippen molar-refractivity contribution < 1.29 is 39.2 Å². The Balaban J connectivity index is 2.67. The molecule has 0 atom stereocenters. The first-order valence-corrected chi connectivity index (χ1v) is 6.83. The van der Waals surface area contributed by atoms with Crippen LogP contribution in [-0.2, 0) is 0 Å². The molecule has 3 N–H and O–H groups in total.